The molecule has 110 valence electrons. The van der Waals surface area contributed by atoms with E-state index >= 15 is 0 Å². The molecule has 0 N–H and O–H groups in total. The third kappa shape index (κ3) is 4.55. The first-order valence-electron chi connectivity index (χ1n) is 6.87. The van der Waals surface area contributed by atoms with Gasteiger partial charge in [0.15, 0.2) is 0 Å². The van der Waals surface area contributed by atoms with Crippen LogP contribution in [0.2, 0.25) is 0 Å². The summed E-state index contributed by atoms with van der Waals surface area (Å²) in [5.41, 5.74) is 0.862. The molecule has 0 saturated carbocycles. The van der Waals surface area contributed by atoms with Gasteiger partial charge in [-0.1, -0.05) is 6.07 Å². The third-order valence-corrected chi connectivity index (χ3v) is 4.05. The topological polar surface area (TPSA) is 65.5 Å². The predicted octanol–water partition coefficient (Wildman–Crippen LogP) is -2.51. The molecule has 0 amide bonds. The molecule has 0 atom stereocenters. The van der Waals surface area contributed by atoms with Gasteiger partial charge in [0, 0.05) is 31.4 Å². The molecule has 0 unspecified atom stereocenters. The molecule has 6 heteroatoms. The number of ether oxygens (including phenoxy) is 1. The minimum atomic E-state index is -1.23. The number of hydrogen-bond donors (Lipinski definition) is 0. The molecule has 1 fully saturated rings. The van der Waals surface area contributed by atoms with Gasteiger partial charge >= 0.3 is 18.9 Å². The van der Waals surface area contributed by atoms with Crippen molar-refractivity contribution in [2.24, 2.45) is 0 Å². The molecule has 1 aromatic heterocycles. The Balaban J connectivity index is 0.00000220. The largest absolute Gasteiger partial charge is 1.00 e. The summed E-state index contributed by atoms with van der Waals surface area (Å²) in [6.45, 7) is 6.30. The fourth-order valence-corrected chi connectivity index (χ4v) is 2.41. The smallest absolute Gasteiger partial charge is 0.543 e. The molecule has 2 heterocycles. The first-order chi connectivity index (χ1) is 9.42. The molecule has 0 spiro atoms. The van der Waals surface area contributed by atoms with Crippen LogP contribution in [-0.4, -0.2) is 47.7 Å². The van der Waals surface area contributed by atoms with Crippen molar-refractivity contribution in [1.29, 1.82) is 0 Å². The molecule has 0 bridgehead atoms. The Kier molecular flexibility index (Phi) is 6.42. The number of aromatic nitrogens is 1. The SMILES string of the molecule is COC1CN(C(C)(C)CCc2cccc(C(=O)[O-])n2)C1.[Li+]. The van der Waals surface area contributed by atoms with Crippen LogP contribution in [0.1, 0.15) is 36.5 Å². The van der Waals surface area contributed by atoms with Gasteiger partial charge in [-0.25, -0.2) is 0 Å². The van der Waals surface area contributed by atoms with Crippen molar-refractivity contribution < 1.29 is 33.5 Å². The van der Waals surface area contributed by atoms with E-state index in [-0.39, 0.29) is 30.1 Å². The summed E-state index contributed by atoms with van der Waals surface area (Å²) in [5, 5.41) is 10.8. The van der Waals surface area contributed by atoms with E-state index in [0.717, 1.165) is 31.6 Å². The van der Waals surface area contributed by atoms with Crippen molar-refractivity contribution in [2.75, 3.05) is 20.2 Å². The van der Waals surface area contributed by atoms with Gasteiger partial charge in [0.05, 0.1) is 17.8 Å². The molecule has 1 aliphatic rings. The molecule has 0 aliphatic carbocycles. The second-order valence-electron chi connectivity index (χ2n) is 5.88. The maximum absolute atomic E-state index is 10.8. The standard InChI is InChI=1S/C15H22N2O3.Li/c1-15(2,17-9-12(10-17)20-3)8-7-11-5-4-6-13(16-11)14(18)19;/h4-6,12H,7-10H2,1-3H3,(H,18,19);/q;+1/p-1. The van der Waals surface area contributed by atoms with Crippen molar-refractivity contribution in [2.45, 2.75) is 38.3 Å². The number of hydrogen-bond acceptors (Lipinski definition) is 5. The Labute approximate surface area is 137 Å². The summed E-state index contributed by atoms with van der Waals surface area (Å²) >= 11 is 0. The summed E-state index contributed by atoms with van der Waals surface area (Å²) in [7, 11) is 1.74. The first-order valence-corrected chi connectivity index (χ1v) is 6.87. The average molecular weight is 284 g/mol. The van der Waals surface area contributed by atoms with E-state index in [4.69, 9.17) is 4.74 Å². The fourth-order valence-electron chi connectivity index (χ4n) is 2.41. The summed E-state index contributed by atoms with van der Waals surface area (Å²) in [4.78, 5) is 17.3. The molecular formula is C15H21LiN2O3. The minimum absolute atomic E-state index is 0. The normalized spacial score (nSPS) is 16.1. The van der Waals surface area contributed by atoms with Crippen LogP contribution in [0.3, 0.4) is 0 Å². The summed E-state index contributed by atoms with van der Waals surface area (Å²) in [6, 6.07) is 5.03. The van der Waals surface area contributed by atoms with Gasteiger partial charge in [0.1, 0.15) is 0 Å². The van der Waals surface area contributed by atoms with Crippen LogP contribution in [0.4, 0.5) is 0 Å². The number of methoxy groups -OCH3 is 1. The quantitative estimate of drug-likeness (QED) is 0.540. The number of aryl methyl sites for hydroxylation is 1. The fraction of sp³-hybridized carbons (Fsp3) is 0.600. The first kappa shape index (κ1) is 18.2. The van der Waals surface area contributed by atoms with Crippen LogP contribution in [0.25, 0.3) is 0 Å². The van der Waals surface area contributed by atoms with Gasteiger partial charge in [0.25, 0.3) is 0 Å². The van der Waals surface area contributed by atoms with E-state index in [1.54, 1.807) is 13.2 Å². The molecule has 0 radical (unpaired) electrons. The number of aromatic carboxylic acids is 1. The second-order valence-corrected chi connectivity index (χ2v) is 5.88. The molecule has 1 saturated heterocycles. The van der Waals surface area contributed by atoms with E-state index < -0.39 is 5.97 Å². The molecule has 5 nitrogen and oxygen atoms in total. The maximum atomic E-state index is 10.8. The van der Waals surface area contributed by atoms with Crippen molar-refractivity contribution in [3.63, 3.8) is 0 Å². The minimum Gasteiger partial charge on any atom is -0.543 e. The Morgan fingerprint density at radius 1 is 1.48 bits per heavy atom. The number of nitrogens with zero attached hydrogens (tertiary/aromatic N) is 2. The number of carboxylic acid groups (broad SMARTS) is 1. The van der Waals surface area contributed by atoms with Crippen molar-refractivity contribution in [1.82, 2.24) is 9.88 Å². The number of likely N-dealkylation sites (tertiary alicyclic amines) is 1. The summed E-state index contributed by atoms with van der Waals surface area (Å²) < 4.78 is 5.29. The molecule has 21 heavy (non-hydrogen) atoms. The zero-order valence-electron chi connectivity index (χ0n) is 13.3. The second kappa shape index (κ2) is 7.42. The molecule has 2 rings (SSSR count). The van der Waals surface area contributed by atoms with Crippen LogP contribution in [-0.2, 0) is 11.2 Å². The Bertz CT molecular complexity index is 488. The summed E-state index contributed by atoms with van der Waals surface area (Å²) in [5.74, 6) is -1.23. The van der Waals surface area contributed by atoms with Gasteiger partial charge in [-0.05, 0) is 38.8 Å². The predicted molar refractivity (Wildman–Crippen MR) is 73.3 cm³/mol. The number of rotatable bonds is 6. The third-order valence-electron chi connectivity index (χ3n) is 4.05. The van der Waals surface area contributed by atoms with Gasteiger partial charge in [-0.3, -0.25) is 9.88 Å². The van der Waals surface area contributed by atoms with Crippen LogP contribution < -0.4 is 24.0 Å². The Morgan fingerprint density at radius 3 is 2.71 bits per heavy atom. The van der Waals surface area contributed by atoms with Gasteiger partial charge in [-0.2, -0.15) is 0 Å². The van der Waals surface area contributed by atoms with E-state index in [1.165, 1.54) is 6.07 Å². The average Bonchev–Trinajstić information content (AvgIpc) is 2.35. The number of pyridine rings is 1. The monoisotopic (exact) mass is 284 g/mol. The zero-order valence-corrected chi connectivity index (χ0v) is 13.3. The number of carbonyl (C=O) groups is 1. The molecular weight excluding hydrogens is 263 g/mol. The van der Waals surface area contributed by atoms with E-state index in [2.05, 4.69) is 23.7 Å². The maximum Gasteiger partial charge on any atom is 1.00 e. The van der Waals surface area contributed by atoms with Gasteiger partial charge in [-0.15, -0.1) is 0 Å². The molecule has 0 aromatic carbocycles. The van der Waals surface area contributed by atoms with Crippen molar-refractivity contribution in [3.8, 4) is 0 Å². The van der Waals surface area contributed by atoms with E-state index in [0.29, 0.717) is 6.10 Å². The van der Waals surface area contributed by atoms with Gasteiger partial charge in [0.2, 0.25) is 0 Å². The van der Waals surface area contributed by atoms with Crippen LogP contribution in [0.15, 0.2) is 18.2 Å². The van der Waals surface area contributed by atoms with E-state index in [1.807, 2.05) is 6.07 Å². The van der Waals surface area contributed by atoms with Crippen LogP contribution in [0, 0.1) is 0 Å². The number of carbonyl (C=O) groups excluding carboxylic acids is 1. The van der Waals surface area contributed by atoms with Crippen LogP contribution >= 0.6 is 0 Å². The Hall–Kier alpha value is -0.863. The van der Waals surface area contributed by atoms with Gasteiger partial charge < -0.3 is 14.6 Å². The molecule has 1 aliphatic heterocycles. The van der Waals surface area contributed by atoms with Crippen molar-refractivity contribution >= 4 is 5.97 Å². The zero-order chi connectivity index (χ0) is 14.8. The number of carboxylic acids is 1. The van der Waals surface area contributed by atoms with Crippen molar-refractivity contribution in [3.05, 3.63) is 29.6 Å². The molecule has 1 aromatic rings. The summed E-state index contributed by atoms with van der Waals surface area (Å²) in [6.07, 6.45) is 2.02. The Morgan fingerprint density at radius 2 is 2.14 bits per heavy atom. The van der Waals surface area contributed by atoms with E-state index in [9.17, 15) is 9.90 Å². The van der Waals surface area contributed by atoms with Crippen LogP contribution in [0.5, 0.6) is 0 Å².